The van der Waals surface area contributed by atoms with E-state index in [1.807, 2.05) is 23.5 Å². The van der Waals surface area contributed by atoms with Gasteiger partial charge in [-0.05, 0) is 94.6 Å². The summed E-state index contributed by atoms with van der Waals surface area (Å²) in [6.07, 6.45) is 10.7. The minimum Gasteiger partial charge on any atom is -0.478 e. The van der Waals surface area contributed by atoms with Gasteiger partial charge in [0.05, 0.1) is 5.60 Å². The fourth-order valence-corrected chi connectivity index (χ4v) is 8.59. The second kappa shape index (κ2) is 16.8. The van der Waals surface area contributed by atoms with Gasteiger partial charge in [0.15, 0.2) is 0 Å². The number of allylic oxidation sites excluding steroid dienone is 2. The number of thioether (sulfide) groups is 1. The number of likely N-dealkylation sites (N-methyl/N-ethyl adjacent to an activating group) is 1. The zero-order chi connectivity index (χ0) is 36.0. The molecule has 0 bridgehead atoms. The van der Waals surface area contributed by atoms with Crippen molar-refractivity contribution in [2.45, 2.75) is 84.5 Å². The number of aliphatic carboxylic acids is 2. The quantitative estimate of drug-likeness (QED) is 0.113. The van der Waals surface area contributed by atoms with E-state index >= 15 is 0 Å². The van der Waals surface area contributed by atoms with Crippen LogP contribution in [0.4, 0.5) is 0 Å². The van der Waals surface area contributed by atoms with Crippen LogP contribution in [0.25, 0.3) is 0 Å². The Bertz CT molecular complexity index is 1630. The number of hydrogen-bond donors (Lipinski definition) is 2. The highest BCUT2D eigenvalue weighted by Crippen LogP contribution is 2.50. The molecule has 0 amide bonds. The Balaban J connectivity index is 0.000000165. The number of carbonyl (C=O) groups excluding carboxylic acids is 1. The predicted octanol–water partition coefficient (Wildman–Crippen LogP) is 6.88. The maximum absolute atomic E-state index is 11.7. The second-order valence-corrected chi connectivity index (χ2v) is 15.6. The molecule has 5 atom stereocenters. The van der Waals surface area contributed by atoms with E-state index in [1.165, 1.54) is 44.5 Å². The highest BCUT2D eigenvalue weighted by Gasteiger charge is 2.61. The summed E-state index contributed by atoms with van der Waals surface area (Å²) in [6, 6.07) is 16.5. The van der Waals surface area contributed by atoms with Crippen molar-refractivity contribution in [3.8, 4) is 0 Å². The number of esters is 1. The number of ether oxygens (including phenoxy) is 2. The van der Waals surface area contributed by atoms with Gasteiger partial charge in [0.2, 0.25) is 0 Å². The highest BCUT2D eigenvalue weighted by molar-refractivity contribution is 7.99. The molecule has 0 saturated carbocycles. The molecule has 0 radical (unpaired) electrons. The van der Waals surface area contributed by atoms with E-state index in [4.69, 9.17) is 19.7 Å². The van der Waals surface area contributed by atoms with Crippen LogP contribution in [-0.2, 0) is 30.3 Å². The van der Waals surface area contributed by atoms with Crippen LogP contribution in [0.3, 0.4) is 0 Å². The monoisotopic (exact) mass is 720 g/mol. The maximum atomic E-state index is 11.7. The lowest BCUT2D eigenvalue weighted by atomic mass is 9.84. The molecule has 0 aromatic heterocycles. The van der Waals surface area contributed by atoms with E-state index in [0.29, 0.717) is 23.8 Å². The Hall–Kier alpha value is -3.35. The molecule has 4 heterocycles. The van der Waals surface area contributed by atoms with Gasteiger partial charge in [0.1, 0.15) is 12.2 Å². The lowest BCUT2D eigenvalue weighted by Gasteiger charge is -2.38. The molecule has 0 spiro atoms. The van der Waals surface area contributed by atoms with E-state index in [9.17, 15) is 14.4 Å². The van der Waals surface area contributed by atoms with Gasteiger partial charge in [-0.3, -0.25) is 4.90 Å². The number of fused-ring (bicyclic) bond motifs is 5. The van der Waals surface area contributed by atoms with E-state index in [0.717, 1.165) is 45.2 Å². The van der Waals surface area contributed by atoms with E-state index in [1.54, 1.807) is 0 Å². The number of carboxylic acid groups (broad SMARTS) is 2. The summed E-state index contributed by atoms with van der Waals surface area (Å²) < 4.78 is 11.3. The van der Waals surface area contributed by atoms with Crippen LogP contribution in [0.15, 0.2) is 93.1 Å². The van der Waals surface area contributed by atoms with Gasteiger partial charge in [-0.25, -0.2) is 14.4 Å². The summed E-state index contributed by atoms with van der Waals surface area (Å²) in [4.78, 5) is 40.2. The number of benzene rings is 2. The molecule has 11 heteroatoms. The summed E-state index contributed by atoms with van der Waals surface area (Å²) in [5.41, 5.74) is 4.93. The van der Waals surface area contributed by atoms with Gasteiger partial charge < -0.3 is 24.6 Å². The van der Waals surface area contributed by atoms with Crippen LogP contribution in [0.1, 0.15) is 56.7 Å². The average Bonchev–Trinajstić information content (AvgIpc) is 3.73. The van der Waals surface area contributed by atoms with Crippen LogP contribution in [0, 0.1) is 5.92 Å². The van der Waals surface area contributed by atoms with Crippen LogP contribution in [0.5, 0.6) is 0 Å². The van der Waals surface area contributed by atoms with Crippen LogP contribution in [0.2, 0.25) is 0 Å². The van der Waals surface area contributed by atoms with Crippen LogP contribution < -0.4 is 0 Å². The van der Waals surface area contributed by atoms with Gasteiger partial charge in [-0.15, -0.1) is 11.8 Å². The van der Waals surface area contributed by atoms with Gasteiger partial charge in [0, 0.05) is 70.6 Å². The largest absolute Gasteiger partial charge is 0.478 e. The molecule has 9 nitrogen and oxygen atoms in total. The normalized spacial score (nSPS) is 27.7. The van der Waals surface area contributed by atoms with E-state index in [2.05, 4.69) is 92.1 Å². The number of piperazine rings is 1. The molecule has 268 valence electrons. The van der Waals surface area contributed by atoms with E-state index in [-0.39, 0.29) is 29.7 Å². The number of carboxylic acids is 2. The molecule has 3 fully saturated rings. The summed E-state index contributed by atoms with van der Waals surface area (Å²) in [7, 11) is 2.23. The second-order valence-electron chi connectivity index (χ2n) is 13.7. The lowest BCUT2D eigenvalue weighted by Crippen LogP contribution is -2.46. The third-order valence-electron chi connectivity index (χ3n) is 10.1. The Labute approximate surface area is 303 Å². The van der Waals surface area contributed by atoms with Crippen molar-refractivity contribution in [1.29, 1.82) is 0 Å². The van der Waals surface area contributed by atoms with Crippen molar-refractivity contribution in [3.05, 3.63) is 89.5 Å². The Kier molecular flexibility index (Phi) is 12.7. The van der Waals surface area contributed by atoms with Gasteiger partial charge in [0.25, 0.3) is 0 Å². The van der Waals surface area contributed by atoms with Crippen molar-refractivity contribution in [2.75, 3.05) is 39.5 Å². The Morgan fingerprint density at radius 3 is 2.44 bits per heavy atom. The number of nitrogens with zero attached hydrogens (tertiary/aromatic N) is 2. The summed E-state index contributed by atoms with van der Waals surface area (Å²) >= 11 is 3.79. The summed E-state index contributed by atoms with van der Waals surface area (Å²) in [5, 5.41) is 15.6. The number of carbonyl (C=O) groups is 3. The Morgan fingerprint density at radius 2 is 1.76 bits per heavy atom. The SMILES string of the molecule is C=C1C(=O)OC2C1CCC(C)=CCCC1(C)OC21.CSc1ccc2c(c1)C(N1CCN(C)CC1)Cc1ccccc1S2.O=C(O)C=CC(=O)O. The first-order valence-electron chi connectivity index (χ1n) is 17.1. The van der Waals surface area contributed by atoms with Crippen molar-refractivity contribution in [1.82, 2.24) is 9.80 Å². The molecule has 5 unspecified atom stereocenters. The van der Waals surface area contributed by atoms with Gasteiger partial charge in [-0.1, -0.05) is 48.2 Å². The first kappa shape index (κ1) is 37.9. The molecule has 3 saturated heterocycles. The smallest absolute Gasteiger partial charge is 0.334 e. The summed E-state index contributed by atoms with van der Waals surface area (Å²) in [6.45, 7) is 12.8. The highest BCUT2D eigenvalue weighted by atomic mass is 32.2. The number of hydrogen-bond acceptors (Lipinski definition) is 9. The standard InChI is InChI=1S/C20H24N2S2.C15H20O3.C4H4O4/c1-21-9-11-22(12-10-21)18-13-15-5-3-4-6-19(15)24-20-8-7-16(23-2)14-17(18)20;1-9-5-4-8-15(3)13(18-15)12-11(7-6-9)10(2)14(16)17-12;5-3(6)1-2-4(7)8/h3-8,14,18H,9-13H2,1-2H3;5,11-13H,2,4,6-8H2,1,3H3;1-2H,(H,5,6)(H,7,8). The molecule has 7 rings (SSSR count). The van der Waals surface area contributed by atoms with Crippen molar-refractivity contribution in [2.24, 2.45) is 5.92 Å². The molecule has 4 aliphatic heterocycles. The number of rotatable bonds is 4. The molecule has 2 N–H and O–H groups in total. The third kappa shape index (κ3) is 9.50. The first-order valence-corrected chi connectivity index (χ1v) is 19.2. The number of epoxide rings is 1. The molecule has 2 aromatic carbocycles. The molecule has 2 aromatic rings. The predicted molar refractivity (Wildman–Crippen MR) is 197 cm³/mol. The minimum absolute atomic E-state index is 0.0671. The van der Waals surface area contributed by atoms with Crippen LogP contribution in [-0.4, -0.2) is 95.2 Å². The van der Waals surface area contributed by atoms with Crippen molar-refractivity contribution >= 4 is 41.4 Å². The average molecular weight is 721 g/mol. The third-order valence-corrected chi connectivity index (χ3v) is 12.0. The van der Waals surface area contributed by atoms with Crippen LogP contribution >= 0.6 is 23.5 Å². The van der Waals surface area contributed by atoms with Gasteiger partial charge >= 0.3 is 17.9 Å². The van der Waals surface area contributed by atoms with E-state index < -0.39 is 11.9 Å². The van der Waals surface area contributed by atoms with Gasteiger partial charge in [-0.2, -0.15) is 0 Å². The Morgan fingerprint density at radius 1 is 1.06 bits per heavy atom. The fourth-order valence-electron chi connectivity index (χ4n) is 7.02. The summed E-state index contributed by atoms with van der Waals surface area (Å²) in [5.74, 6) is -2.62. The topological polar surface area (TPSA) is 120 Å². The maximum Gasteiger partial charge on any atom is 0.334 e. The lowest BCUT2D eigenvalue weighted by molar-refractivity contribution is -0.140. The molecule has 5 aliphatic rings. The first-order chi connectivity index (χ1) is 23.9. The van der Waals surface area contributed by atoms with Crippen molar-refractivity contribution < 1.29 is 34.1 Å². The minimum atomic E-state index is -1.26. The fraction of sp³-hybridized carbons (Fsp3) is 0.462. The molecule has 1 aliphatic carbocycles. The van der Waals surface area contributed by atoms with Crippen molar-refractivity contribution in [3.63, 3.8) is 0 Å². The zero-order valence-corrected chi connectivity index (χ0v) is 30.9. The zero-order valence-electron chi connectivity index (χ0n) is 29.3. The molecular weight excluding hydrogens is 673 g/mol. The molecule has 50 heavy (non-hydrogen) atoms. The molecular formula is C39H48N2O7S2.